The molecule has 0 aromatic carbocycles. The molecule has 0 aromatic heterocycles. The average Bonchev–Trinajstić information content (AvgIpc) is 2.42. The van der Waals surface area contributed by atoms with Crippen molar-refractivity contribution in [1.82, 2.24) is 0 Å². The molecule has 13 heteroatoms. The fourth-order valence-corrected chi connectivity index (χ4v) is 0.457. The van der Waals surface area contributed by atoms with Gasteiger partial charge in [0.25, 0.3) is 29.8 Å². The molecule has 29 heavy (non-hydrogen) atoms. The summed E-state index contributed by atoms with van der Waals surface area (Å²) in [4.78, 5) is 55.5. The maximum absolute atomic E-state index is 10.5. The molecule has 0 aliphatic rings. The molecule has 0 bridgehead atoms. The number of esters is 1. The standard InChI is InChI=1S/C6H12O3.5C2H4O2/c1-2-9-6(8)4-3-5-7;5*1-2(3)4/h7H,2-5H2,1H3;5*1H3,(H,3,4). The molecule has 174 valence electrons. The fourth-order valence-electron chi connectivity index (χ4n) is 0.457. The van der Waals surface area contributed by atoms with Crippen LogP contribution in [0.25, 0.3) is 0 Å². The number of carboxylic acids is 5. The number of rotatable bonds is 4. The van der Waals surface area contributed by atoms with Crippen molar-refractivity contribution in [3.05, 3.63) is 0 Å². The van der Waals surface area contributed by atoms with Crippen LogP contribution in [-0.2, 0) is 33.5 Å². The van der Waals surface area contributed by atoms with Crippen molar-refractivity contribution in [1.29, 1.82) is 0 Å². The Morgan fingerprint density at radius 3 is 0.966 bits per heavy atom. The molecule has 0 saturated carbocycles. The summed E-state index contributed by atoms with van der Waals surface area (Å²) in [6, 6.07) is 0. The number of ether oxygens (including phenoxy) is 1. The van der Waals surface area contributed by atoms with Gasteiger partial charge in [-0.25, -0.2) is 0 Å². The Bertz CT molecular complexity index is 354. The summed E-state index contributed by atoms with van der Waals surface area (Å²) in [5, 5.41) is 45.4. The van der Waals surface area contributed by atoms with E-state index in [0.717, 1.165) is 34.6 Å². The Kier molecular flexibility index (Phi) is 50.0. The molecule has 0 aliphatic carbocycles. The SMILES string of the molecule is CC(=O)O.CC(=O)O.CC(=O)O.CC(=O)O.CC(=O)O.CCOC(=O)CCCO. The predicted molar refractivity (Wildman–Crippen MR) is 99.5 cm³/mol. The van der Waals surface area contributed by atoms with E-state index in [1.165, 1.54) is 0 Å². The van der Waals surface area contributed by atoms with E-state index in [4.69, 9.17) is 54.6 Å². The summed E-state index contributed by atoms with van der Waals surface area (Å²) in [5.41, 5.74) is 0. The molecule has 13 nitrogen and oxygen atoms in total. The first-order valence-corrected chi connectivity index (χ1v) is 7.71. The first-order valence-electron chi connectivity index (χ1n) is 7.71. The van der Waals surface area contributed by atoms with Crippen LogP contribution >= 0.6 is 0 Å². The smallest absolute Gasteiger partial charge is 0.305 e. The second-order valence-corrected chi connectivity index (χ2v) is 4.23. The first kappa shape index (κ1) is 40.5. The molecule has 0 heterocycles. The van der Waals surface area contributed by atoms with Gasteiger partial charge in [0, 0.05) is 47.6 Å². The van der Waals surface area contributed by atoms with Crippen LogP contribution < -0.4 is 0 Å². The zero-order valence-corrected chi connectivity index (χ0v) is 17.4. The second-order valence-electron chi connectivity index (χ2n) is 4.23. The van der Waals surface area contributed by atoms with Crippen LogP contribution in [0.4, 0.5) is 0 Å². The lowest BCUT2D eigenvalue weighted by molar-refractivity contribution is -0.143. The van der Waals surface area contributed by atoms with Gasteiger partial charge in [-0.3, -0.25) is 28.8 Å². The normalized spacial score (nSPS) is 7.14. The monoisotopic (exact) mass is 432 g/mol. The molecular formula is C16H32O13. The van der Waals surface area contributed by atoms with Gasteiger partial charge < -0.3 is 35.4 Å². The summed E-state index contributed by atoms with van der Waals surface area (Å²) in [7, 11) is 0. The summed E-state index contributed by atoms with van der Waals surface area (Å²) in [5.74, 6) is -4.40. The molecule has 0 saturated heterocycles. The van der Waals surface area contributed by atoms with E-state index < -0.39 is 29.8 Å². The van der Waals surface area contributed by atoms with Gasteiger partial charge in [0.1, 0.15) is 0 Å². The molecule has 0 spiro atoms. The summed E-state index contributed by atoms with van der Waals surface area (Å²) >= 11 is 0. The Labute approximate surface area is 168 Å². The summed E-state index contributed by atoms with van der Waals surface area (Å²) in [6.45, 7) is 7.65. The van der Waals surface area contributed by atoms with Gasteiger partial charge in [0.2, 0.25) is 0 Å². The number of aliphatic carboxylic acids is 5. The highest BCUT2D eigenvalue weighted by Gasteiger charge is 1.97. The Morgan fingerprint density at radius 1 is 0.621 bits per heavy atom. The third-order valence-corrected chi connectivity index (χ3v) is 0.844. The van der Waals surface area contributed by atoms with E-state index in [1.807, 2.05) is 0 Å². The van der Waals surface area contributed by atoms with Crippen LogP contribution in [-0.4, -0.2) is 79.7 Å². The minimum atomic E-state index is -0.833. The molecule has 0 aromatic rings. The van der Waals surface area contributed by atoms with Gasteiger partial charge in [-0.1, -0.05) is 0 Å². The topological polar surface area (TPSA) is 233 Å². The van der Waals surface area contributed by atoms with E-state index in [0.29, 0.717) is 19.4 Å². The number of carbonyl (C=O) groups is 6. The minimum absolute atomic E-state index is 0.0544. The molecule has 0 unspecified atom stereocenters. The van der Waals surface area contributed by atoms with Crippen LogP contribution in [0.1, 0.15) is 54.4 Å². The third kappa shape index (κ3) is 900. The minimum Gasteiger partial charge on any atom is -0.481 e. The van der Waals surface area contributed by atoms with Crippen molar-refractivity contribution < 1.29 is 64.1 Å². The Balaban J connectivity index is -0.0000000575. The molecule has 0 radical (unpaired) electrons. The predicted octanol–water partition coefficient (Wildman–Crippen LogP) is 0.777. The Hall–Kier alpha value is -3.22. The molecule has 0 amide bonds. The first-order chi connectivity index (χ1) is 13.0. The van der Waals surface area contributed by atoms with Crippen molar-refractivity contribution >= 4 is 35.8 Å². The van der Waals surface area contributed by atoms with Gasteiger partial charge in [-0.2, -0.15) is 0 Å². The summed E-state index contributed by atoms with van der Waals surface area (Å²) < 4.78 is 4.59. The highest BCUT2D eigenvalue weighted by molar-refractivity contribution is 5.69. The third-order valence-electron chi connectivity index (χ3n) is 0.844. The van der Waals surface area contributed by atoms with Gasteiger partial charge >= 0.3 is 5.97 Å². The van der Waals surface area contributed by atoms with Crippen LogP contribution in [0.15, 0.2) is 0 Å². The number of hydrogen-bond acceptors (Lipinski definition) is 8. The largest absolute Gasteiger partial charge is 0.481 e. The lowest BCUT2D eigenvalue weighted by Gasteiger charge is -1.97. The van der Waals surface area contributed by atoms with Crippen LogP contribution in [0, 0.1) is 0 Å². The van der Waals surface area contributed by atoms with E-state index in [-0.39, 0.29) is 12.6 Å². The average molecular weight is 432 g/mol. The number of carboxylic acid groups (broad SMARTS) is 5. The van der Waals surface area contributed by atoms with Crippen LogP contribution in [0.5, 0.6) is 0 Å². The number of aliphatic hydroxyl groups excluding tert-OH is 1. The molecule has 0 fully saturated rings. The molecule has 0 aliphatic heterocycles. The van der Waals surface area contributed by atoms with Gasteiger partial charge in [0.05, 0.1) is 6.61 Å². The second kappa shape index (κ2) is 35.8. The zero-order chi connectivity index (χ0) is 25.0. The highest BCUT2D eigenvalue weighted by atomic mass is 16.5. The number of hydrogen-bond donors (Lipinski definition) is 6. The lowest BCUT2D eigenvalue weighted by atomic mass is 10.3. The zero-order valence-electron chi connectivity index (χ0n) is 17.4. The summed E-state index contributed by atoms with van der Waals surface area (Å²) in [6.07, 6.45) is 0.823. The van der Waals surface area contributed by atoms with Crippen molar-refractivity contribution in [2.24, 2.45) is 0 Å². The van der Waals surface area contributed by atoms with Gasteiger partial charge in [-0.05, 0) is 13.3 Å². The maximum Gasteiger partial charge on any atom is 0.305 e. The van der Waals surface area contributed by atoms with Crippen LogP contribution in [0.3, 0.4) is 0 Å². The van der Waals surface area contributed by atoms with E-state index >= 15 is 0 Å². The van der Waals surface area contributed by atoms with Crippen molar-refractivity contribution in [3.63, 3.8) is 0 Å². The number of carbonyl (C=O) groups excluding carboxylic acids is 1. The highest BCUT2D eigenvalue weighted by Crippen LogP contribution is 1.90. The maximum atomic E-state index is 10.5. The Morgan fingerprint density at radius 2 is 0.828 bits per heavy atom. The van der Waals surface area contributed by atoms with Gasteiger partial charge in [0.15, 0.2) is 0 Å². The molecule has 0 rings (SSSR count). The number of aliphatic hydroxyl groups is 1. The van der Waals surface area contributed by atoms with Gasteiger partial charge in [-0.15, -0.1) is 0 Å². The molecular weight excluding hydrogens is 400 g/mol. The van der Waals surface area contributed by atoms with E-state index in [9.17, 15) is 4.79 Å². The quantitative estimate of drug-likeness (QED) is 0.337. The van der Waals surface area contributed by atoms with E-state index in [1.54, 1.807) is 6.92 Å². The van der Waals surface area contributed by atoms with E-state index in [2.05, 4.69) is 4.74 Å². The van der Waals surface area contributed by atoms with Crippen molar-refractivity contribution in [2.75, 3.05) is 13.2 Å². The fraction of sp³-hybridized carbons (Fsp3) is 0.625. The van der Waals surface area contributed by atoms with Crippen molar-refractivity contribution in [3.8, 4) is 0 Å². The van der Waals surface area contributed by atoms with Crippen molar-refractivity contribution in [2.45, 2.75) is 54.4 Å². The molecule has 0 atom stereocenters. The molecule has 6 N–H and O–H groups in total. The lowest BCUT2D eigenvalue weighted by Crippen LogP contribution is -2.03. The van der Waals surface area contributed by atoms with Crippen LogP contribution in [0.2, 0.25) is 0 Å².